The molecule has 0 aromatic heterocycles. The zero-order valence-electron chi connectivity index (χ0n) is 15.6. The molecule has 4 heteroatoms. The number of carbonyl (C=O) groups excluding carboxylic acids is 2. The molecule has 0 unspecified atom stereocenters. The van der Waals surface area contributed by atoms with Gasteiger partial charge in [0.05, 0.1) is 12.5 Å². The first-order chi connectivity index (χ1) is 11.6. The van der Waals surface area contributed by atoms with Gasteiger partial charge < -0.3 is 9.47 Å². The molecule has 0 aromatic rings. The number of unbranched alkanes of at least 4 members (excludes halogenated alkanes) is 2. The number of hydrogen-bond donors (Lipinski definition) is 0. The summed E-state index contributed by atoms with van der Waals surface area (Å²) in [4.78, 5) is 23.2. The van der Waals surface area contributed by atoms with Gasteiger partial charge in [-0.3, -0.25) is 0 Å². The Balaban J connectivity index is 4.35. The zero-order chi connectivity index (χ0) is 18.2. The van der Waals surface area contributed by atoms with Crippen LogP contribution < -0.4 is 0 Å². The molecule has 0 amide bonds. The Morgan fingerprint density at radius 1 is 0.708 bits per heavy atom. The highest BCUT2D eigenvalue weighted by Gasteiger charge is 2.02. The largest absolute Gasteiger partial charge is 0.431 e. The number of hydrogen-bond acceptors (Lipinski definition) is 4. The van der Waals surface area contributed by atoms with Gasteiger partial charge in [0.25, 0.3) is 0 Å². The Kier molecular flexibility index (Phi) is 13.6. The minimum absolute atomic E-state index is 0.569. The van der Waals surface area contributed by atoms with Crippen molar-refractivity contribution in [2.45, 2.75) is 79.1 Å². The Hall–Kier alpha value is -1.84. The molecule has 0 N–H and O–H groups in total. The summed E-state index contributed by atoms with van der Waals surface area (Å²) < 4.78 is 10.1. The quantitative estimate of drug-likeness (QED) is 0.264. The normalized spacial score (nSPS) is 12.5. The van der Waals surface area contributed by atoms with E-state index in [0.29, 0.717) is 0 Å². The van der Waals surface area contributed by atoms with E-state index < -0.39 is 11.9 Å². The molecule has 0 heterocycles. The lowest BCUT2D eigenvalue weighted by atomic mass is 10.1. The summed E-state index contributed by atoms with van der Waals surface area (Å²) in [5, 5.41) is 0. The Bertz CT molecular complexity index is 416. The lowest BCUT2D eigenvalue weighted by Gasteiger charge is -2.03. The van der Waals surface area contributed by atoms with Crippen LogP contribution >= 0.6 is 0 Å². The monoisotopic (exact) mass is 336 g/mol. The third kappa shape index (κ3) is 11.7. The predicted octanol–water partition coefficient (Wildman–Crippen LogP) is 5.60. The maximum Gasteiger partial charge on any atom is 0.335 e. The van der Waals surface area contributed by atoms with Crippen molar-refractivity contribution in [1.82, 2.24) is 0 Å². The van der Waals surface area contributed by atoms with Crippen LogP contribution in [0.5, 0.6) is 0 Å². The maximum atomic E-state index is 11.6. The summed E-state index contributed by atoms with van der Waals surface area (Å²) in [6, 6.07) is 0. The van der Waals surface area contributed by atoms with E-state index in [1.807, 2.05) is 13.8 Å². The molecule has 0 aliphatic rings. The van der Waals surface area contributed by atoms with Gasteiger partial charge in [-0.15, -0.1) is 0 Å². The fraction of sp³-hybridized carbons (Fsp3) is 0.600. The number of carbonyl (C=O) groups is 2. The van der Waals surface area contributed by atoms with Crippen molar-refractivity contribution >= 4 is 11.9 Å². The summed E-state index contributed by atoms with van der Waals surface area (Å²) in [6.07, 6.45) is 13.1. The molecule has 0 aliphatic heterocycles. The zero-order valence-corrected chi connectivity index (χ0v) is 15.6. The Morgan fingerprint density at radius 3 is 1.38 bits per heavy atom. The van der Waals surface area contributed by atoms with E-state index >= 15 is 0 Å². The molecule has 0 rings (SSSR count). The highest BCUT2D eigenvalue weighted by molar-refractivity contribution is 5.92. The summed E-state index contributed by atoms with van der Waals surface area (Å²) in [5.74, 6) is -1.14. The minimum Gasteiger partial charge on any atom is -0.431 e. The third-order valence-electron chi connectivity index (χ3n) is 3.65. The van der Waals surface area contributed by atoms with Crippen molar-refractivity contribution in [3.8, 4) is 0 Å². The van der Waals surface area contributed by atoms with Crippen LogP contribution in [-0.4, -0.2) is 11.9 Å². The third-order valence-corrected chi connectivity index (χ3v) is 3.65. The molecule has 0 atom stereocenters. The summed E-state index contributed by atoms with van der Waals surface area (Å²) >= 11 is 0. The lowest BCUT2D eigenvalue weighted by molar-refractivity contribution is -0.135. The van der Waals surface area contributed by atoms with Crippen LogP contribution in [0, 0.1) is 0 Å². The topological polar surface area (TPSA) is 52.6 Å². The molecular weight excluding hydrogens is 304 g/mol. The number of rotatable bonds is 12. The van der Waals surface area contributed by atoms with E-state index in [0.717, 1.165) is 74.7 Å². The second-order valence-electron chi connectivity index (χ2n) is 5.67. The van der Waals surface area contributed by atoms with Crippen molar-refractivity contribution < 1.29 is 19.1 Å². The van der Waals surface area contributed by atoms with Crippen LogP contribution in [0.3, 0.4) is 0 Å². The molecule has 136 valence electrons. The predicted molar refractivity (Wildman–Crippen MR) is 97.1 cm³/mol. The highest BCUT2D eigenvalue weighted by atomic mass is 16.5. The van der Waals surface area contributed by atoms with Crippen LogP contribution in [0.2, 0.25) is 0 Å². The first-order valence-corrected chi connectivity index (χ1v) is 9.02. The van der Waals surface area contributed by atoms with Gasteiger partial charge in [-0.05, 0) is 49.7 Å². The van der Waals surface area contributed by atoms with E-state index in [1.54, 1.807) is 0 Å². The molecule has 0 aliphatic carbocycles. The molecule has 0 fully saturated rings. The smallest absolute Gasteiger partial charge is 0.335 e. The molecular formula is C20H32O4. The molecule has 0 spiro atoms. The second kappa shape index (κ2) is 14.7. The van der Waals surface area contributed by atoms with Crippen molar-refractivity contribution in [3.05, 3.63) is 35.8 Å². The van der Waals surface area contributed by atoms with Crippen molar-refractivity contribution in [2.24, 2.45) is 0 Å². The molecule has 0 saturated carbocycles. The average molecular weight is 336 g/mol. The number of allylic oxidation sites excluding steroid dienone is 2. The molecule has 0 aromatic carbocycles. The van der Waals surface area contributed by atoms with Gasteiger partial charge in [-0.1, -0.05) is 40.5 Å². The molecule has 4 nitrogen and oxygen atoms in total. The van der Waals surface area contributed by atoms with Crippen LogP contribution in [0.4, 0.5) is 0 Å². The van der Waals surface area contributed by atoms with Crippen LogP contribution in [0.15, 0.2) is 35.8 Å². The summed E-state index contributed by atoms with van der Waals surface area (Å²) in [5.41, 5.74) is 2.18. The van der Waals surface area contributed by atoms with Gasteiger partial charge in [0, 0.05) is 12.2 Å². The van der Waals surface area contributed by atoms with Gasteiger partial charge >= 0.3 is 11.9 Å². The van der Waals surface area contributed by atoms with Crippen LogP contribution in [-0.2, 0) is 19.1 Å². The van der Waals surface area contributed by atoms with E-state index in [-0.39, 0.29) is 0 Å². The SMILES string of the molecule is CCCC/C(=C/OC(=O)/C=C/C(=O)O/C=C(\CC)CCCC)CC. The van der Waals surface area contributed by atoms with E-state index in [4.69, 9.17) is 9.47 Å². The van der Waals surface area contributed by atoms with Gasteiger partial charge in [-0.25, -0.2) is 9.59 Å². The molecule has 24 heavy (non-hydrogen) atoms. The maximum absolute atomic E-state index is 11.6. The molecule has 0 bridgehead atoms. The highest BCUT2D eigenvalue weighted by Crippen LogP contribution is 2.12. The van der Waals surface area contributed by atoms with Gasteiger partial charge in [-0.2, -0.15) is 0 Å². The fourth-order valence-corrected chi connectivity index (χ4v) is 1.94. The lowest BCUT2D eigenvalue weighted by Crippen LogP contribution is -2.00. The number of ether oxygens (including phenoxy) is 2. The second-order valence-corrected chi connectivity index (χ2v) is 5.67. The fourth-order valence-electron chi connectivity index (χ4n) is 1.94. The van der Waals surface area contributed by atoms with Gasteiger partial charge in [0.2, 0.25) is 0 Å². The van der Waals surface area contributed by atoms with Crippen molar-refractivity contribution in [2.75, 3.05) is 0 Å². The van der Waals surface area contributed by atoms with Crippen LogP contribution in [0.25, 0.3) is 0 Å². The van der Waals surface area contributed by atoms with Gasteiger partial charge in [0.1, 0.15) is 0 Å². The summed E-state index contributed by atoms with van der Waals surface area (Å²) in [6.45, 7) is 8.29. The van der Waals surface area contributed by atoms with E-state index in [9.17, 15) is 9.59 Å². The first kappa shape index (κ1) is 22.2. The Morgan fingerprint density at radius 2 is 1.08 bits per heavy atom. The van der Waals surface area contributed by atoms with Gasteiger partial charge in [0.15, 0.2) is 0 Å². The van der Waals surface area contributed by atoms with Crippen molar-refractivity contribution in [1.29, 1.82) is 0 Å². The van der Waals surface area contributed by atoms with E-state index in [1.165, 1.54) is 12.5 Å². The summed E-state index contributed by atoms with van der Waals surface area (Å²) in [7, 11) is 0. The number of esters is 2. The van der Waals surface area contributed by atoms with E-state index in [2.05, 4.69) is 13.8 Å². The van der Waals surface area contributed by atoms with Crippen LogP contribution in [0.1, 0.15) is 79.1 Å². The molecule has 0 radical (unpaired) electrons. The Labute approximate surface area is 146 Å². The molecule has 0 saturated heterocycles. The minimum atomic E-state index is -0.569. The first-order valence-electron chi connectivity index (χ1n) is 9.02. The average Bonchev–Trinajstić information content (AvgIpc) is 2.60. The van der Waals surface area contributed by atoms with Crippen molar-refractivity contribution in [3.63, 3.8) is 0 Å². The standard InChI is InChI=1S/C20H32O4/c1-5-9-11-17(7-3)15-23-19(21)13-14-20(22)24-16-18(8-4)12-10-6-2/h13-16H,5-12H2,1-4H3/b14-13+,17-15+,18-16+.